The molecule has 0 aromatic heterocycles. The number of nitrogens with zero attached hydrogens (tertiary/aromatic N) is 1. The number of hydrogen-bond donors (Lipinski definition) is 1. The van der Waals surface area contributed by atoms with E-state index in [1.54, 1.807) is 12.1 Å². The number of rotatable bonds is 6. The summed E-state index contributed by atoms with van der Waals surface area (Å²) in [6, 6.07) is 23.5. The Kier molecular flexibility index (Phi) is 7.02. The highest BCUT2D eigenvalue weighted by molar-refractivity contribution is 8.04. The van der Waals surface area contributed by atoms with Gasteiger partial charge in [0.1, 0.15) is 0 Å². The summed E-state index contributed by atoms with van der Waals surface area (Å²) < 4.78 is 5.57. The van der Waals surface area contributed by atoms with Crippen molar-refractivity contribution in [3.8, 4) is 0 Å². The van der Waals surface area contributed by atoms with Crippen molar-refractivity contribution in [3.05, 3.63) is 100.0 Å². The van der Waals surface area contributed by atoms with Gasteiger partial charge in [-0.05, 0) is 66.8 Å². The SMILES string of the molecule is Cc1ccccc1CN1C(=O)C(=Cc2ccc(C(=O)NCC3CCCO3)cc2)Sc2ccccc21. The van der Waals surface area contributed by atoms with Crippen LogP contribution in [0.15, 0.2) is 82.6 Å². The van der Waals surface area contributed by atoms with Crippen molar-refractivity contribution in [2.75, 3.05) is 18.1 Å². The van der Waals surface area contributed by atoms with E-state index in [1.165, 1.54) is 11.8 Å². The second kappa shape index (κ2) is 10.5. The van der Waals surface area contributed by atoms with Crippen LogP contribution in [0.5, 0.6) is 0 Å². The van der Waals surface area contributed by atoms with Crippen LogP contribution < -0.4 is 10.2 Å². The number of carbonyl (C=O) groups excluding carboxylic acids is 2. The van der Waals surface area contributed by atoms with Gasteiger partial charge in [-0.15, -0.1) is 0 Å². The van der Waals surface area contributed by atoms with Gasteiger partial charge in [0.05, 0.1) is 23.2 Å². The Morgan fingerprint density at radius 1 is 1.09 bits per heavy atom. The molecule has 2 heterocycles. The fourth-order valence-electron chi connectivity index (χ4n) is 4.37. The van der Waals surface area contributed by atoms with Crippen molar-refractivity contribution in [1.29, 1.82) is 0 Å². The van der Waals surface area contributed by atoms with Gasteiger partial charge in [-0.25, -0.2) is 0 Å². The maximum Gasteiger partial charge on any atom is 0.265 e. The molecular formula is C29H28N2O3S. The number of benzene rings is 3. The average Bonchev–Trinajstić information content (AvgIpc) is 3.40. The first-order valence-electron chi connectivity index (χ1n) is 11.9. The van der Waals surface area contributed by atoms with E-state index in [4.69, 9.17) is 4.74 Å². The highest BCUT2D eigenvalue weighted by Gasteiger charge is 2.29. The lowest BCUT2D eigenvalue weighted by Crippen LogP contribution is -2.34. The minimum absolute atomic E-state index is 0.0182. The van der Waals surface area contributed by atoms with Crippen molar-refractivity contribution in [3.63, 3.8) is 0 Å². The lowest BCUT2D eigenvalue weighted by Gasteiger charge is -2.31. The molecule has 2 aliphatic heterocycles. The number of anilines is 1. The van der Waals surface area contributed by atoms with E-state index in [-0.39, 0.29) is 17.9 Å². The third kappa shape index (κ3) is 5.34. The van der Waals surface area contributed by atoms with E-state index in [0.717, 1.165) is 46.7 Å². The van der Waals surface area contributed by atoms with E-state index >= 15 is 0 Å². The highest BCUT2D eigenvalue weighted by atomic mass is 32.2. The smallest absolute Gasteiger partial charge is 0.265 e. The summed E-state index contributed by atoms with van der Waals surface area (Å²) in [5.74, 6) is -0.128. The lowest BCUT2D eigenvalue weighted by atomic mass is 10.1. The molecule has 0 spiro atoms. The van der Waals surface area contributed by atoms with Crippen LogP contribution in [0.2, 0.25) is 0 Å². The molecule has 1 unspecified atom stereocenters. The first kappa shape index (κ1) is 23.4. The molecule has 5 rings (SSSR count). The minimum Gasteiger partial charge on any atom is -0.376 e. The summed E-state index contributed by atoms with van der Waals surface area (Å²) in [7, 11) is 0. The predicted octanol–water partition coefficient (Wildman–Crippen LogP) is 5.58. The molecular weight excluding hydrogens is 456 g/mol. The quantitative estimate of drug-likeness (QED) is 0.464. The number of amides is 2. The summed E-state index contributed by atoms with van der Waals surface area (Å²) in [6.45, 7) is 3.89. The van der Waals surface area contributed by atoms with Gasteiger partial charge in [0.2, 0.25) is 0 Å². The Morgan fingerprint density at radius 3 is 2.63 bits per heavy atom. The minimum atomic E-state index is -0.110. The van der Waals surface area contributed by atoms with Crippen molar-refractivity contribution >= 4 is 35.3 Å². The van der Waals surface area contributed by atoms with E-state index in [0.29, 0.717) is 23.6 Å². The van der Waals surface area contributed by atoms with Crippen LogP contribution >= 0.6 is 11.8 Å². The molecule has 3 aromatic carbocycles. The number of nitrogens with one attached hydrogen (secondary N) is 1. The van der Waals surface area contributed by atoms with Gasteiger partial charge in [0.15, 0.2) is 0 Å². The van der Waals surface area contributed by atoms with Crippen molar-refractivity contribution in [2.45, 2.75) is 37.3 Å². The summed E-state index contributed by atoms with van der Waals surface area (Å²) >= 11 is 1.49. The molecule has 2 amide bonds. The number of aryl methyl sites for hydroxylation is 1. The first-order chi connectivity index (χ1) is 17.1. The lowest BCUT2D eigenvalue weighted by molar-refractivity contribution is -0.114. The molecule has 2 aliphatic rings. The van der Waals surface area contributed by atoms with Gasteiger partial charge in [-0.1, -0.05) is 60.3 Å². The van der Waals surface area contributed by atoms with Gasteiger partial charge < -0.3 is 15.0 Å². The van der Waals surface area contributed by atoms with Crippen LogP contribution in [0.25, 0.3) is 6.08 Å². The van der Waals surface area contributed by atoms with E-state index in [2.05, 4.69) is 24.4 Å². The number of thioether (sulfide) groups is 1. The van der Waals surface area contributed by atoms with Crippen molar-refractivity contribution in [2.24, 2.45) is 0 Å². The average molecular weight is 485 g/mol. The van der Waals surface area contributed by atoms with Gasteiger partial charge in [0.25, 0.3) is 11.8 Å². The molecule has 0 aliphatic carbocycles. The number of ether oxygens (including phenoxy) is 1. The summed E-state index contributed by atoms with van der Waals surface area (Å²) in [5, 5.41) is 2.95. The maximum absolute atomic E-state index is 13.6. The molecule has 35 heavy (non-hydrogen) atoms. The van der Waals surface area contributed by atoms with Crippen molar-refractivity contribution in [1.82, 2.24) is 5.32 Å². The molecule has 5 nitrogen and oxygen atoms in total. The van der Waals surface area contributed by atoms with E-state index in [1.807, 2.05) is 59.5 Å². The van der Waals surface area contributed by atoms with Crippen LogP contribution in [0.3, 0.4) is 0 Å². The second-order valence-corrected chi connectivity index (χ2v) is 9.95. The zero-order valence-corrected chi connectivity index (χ0v) is 20.5. The monoisotopic (exact) mass is 484 g/mol. The number of fused-ring (bicyclic) bond motifs is 1. The normalized spacial score (nSPS) is 18.5. The molecule has 178 valence electrons. The standard InChI is InChI=1S/C29H28N2O3S/c1-20-7-2-3-8-23(20)19-31-25-10-4-5-11-26(25)35-27(29(31)33)17-21-12-14-22(15-13-21)28(32)30-18-24-9-6-16-34-24/h2-5,7-8,10-15,17,24H,6,9,16,18-19H2,1H3,(H,30,32). The second-order valence-electron chi connectivity index (χ2n) is 8.86. The van der Waals surface area contributed by atoms with Gasteiger partial charge >= 0.3 is 0 Å². The maximum atomic E-state index is 13.6. The molecule has 0 radical (unpaired) electrons. The highest BCUT2D eigenvalue weighted by Crippen LogP contribution is 2.42. The van der Waals surface area contributed by atoms with Gasteiger partial charge in [0, 0.05) is 23.6 Å². The van der Waals surface area contributed by atoms with Gasteiger partial charge in [-0.2, -0.15) is 0 Å². The van der Waals surface area contributed by atoms with Gasteiger partial charge in [-0.3, -0.25) is 9.59 Å². The van der Waals surface area contributed by atoms with E-state index in [9.17, 15) is 9.59 Å². The zero-order valence-electron chi connectivity index (χ0n) is 19.7. The van der Waals surface area contributed by atoms with Crippen LogP contribution in [-0.2, 0) is 16.1 Å². The van der Waals surface area contributed by atoms with Crippen LogP contribution in [0.4, 0.5) is 5.69 Å². The molecule has 0 saturated carbocycles. The molecule has 1 fully saturated rings. The zero-order chi connectivity index (χ0) is 24.2. The Bertz CT molecular complexity index is 1260. The molecule has 3 aromatic rings. The Labute approximate surface area is 210 Å². The predicted molar refractivity (Wildman–Crippen MR) is 140 cm³/mol. The fraction of sp³-hybridized carbons (Fsp3) is 0.241. The Balaban J connectivity index is 1.34. The Morgan fingerprint density at radius 2 is 1.86 bits per heavy atom. The number of para-hydroxylation sites is 1. The summed E-state index contributed by atoms with van der Waals surface area (Å²) in [5.41, 5.74) is 4.70. The first-order valence-corrected chi connectivity index (χ1v) is 12.7. The molecule has 6 heteroatoms. The molecule has 1 N–H and O–H groups in total. The van der Waals surface area contributed by atoms with E-state index < -0.39 is 0 Å². The van der Waals surface area contributed by atoms with Crippen LogP contribution in [0, 0.1) is 6.92 Å². The number of hydrogen-bond acceptors (Lipinski definition) is 4. The summed E-state index contributed by atoms with van der Waals surface area (Å²) in [4.78, 5) is 29.6. The fourth-order valence-corrected chi connectivity index (χ4v) is 5.43. The molecule has 1 atom stereocenters. The molecule has 1 saturated heterocycles. The van der Waals surface area contributed by atoms with Crippen LogP contribution in [0.1, 0.15) is 39.9 Å². The third-order valence-electron chi connectivity index (χ3n) is 6.41. The molecule has 0 bridgehead atoms. The van der Waals surface area contributed by atoms with Crippen LogP contribution in [-0.4, -0.2) is 31.1 Å². The third-order valence-corrected chi connectivity index (χ3v) is 7.48. The largest absolute Gasteiger partial charge is 0.376 e. The Hall–Kier alpha value is -3.35. The summed E-state index contributed by atoms with van der Waals surface area (Å²) in [6.07, 6.45) is 4.06. The number of carbonyl (C=O) groups is 2. The van der Waals surface area contributed by atoms with Crippen molar-refractivity contribution < 1.29 is 14.3 Å². The topological polar surface area (TPSA) is 58.6 Å².